The molecule has 2 aromatic heterocycles. The van der Waals surface area contributed by atoms with Gasteiger partial charge < -0.3 is 0 Å². The van der Waals surface area contributed by atoms with E-state index in [4.69, 9.17) is 9.97 Å². The highest BCUT2D eigenvalue weighted by atomic mass is 32.2. The van der Waals surface area contributed by atoms with E-state index in [2.05, 4.69) is 150 Å². The van der Waals surface area contributed by atoms with E-state index in [9.17, 15) is 0 Å². The summed E-state index contributed by atoms with van der Waals surface area (Å²) in [6, 6.07) is 59.3. The fourth-order valence-corrected chi connectivity index (χ4v) is 9.67. The lowest BCUT2D eigenvalue weighted by Gasteiger charge is -2.39. The summed E-state index contributed by atoms with van der Waals surface area (Å²) in [7, 11) is 0. The SMILES string of the molecule is c1ccc(-c2nc3ccccc3nc2-n2c3ccccc3c3cc4c(cc32)C2(c3ccccc3Sc3ccccc32)c2ccccc2-4)cc1. The Labute approximate surface area is 287 Å². The molecule has 3 heterocycles. The summed E-state index contributed by atoms with van der Waals surface area (Å²) in [5, 5.41) is 2.41. The Morgan fingerprint density at radius 3 is 1.84 bits per heavy atom. The van der Waals surface area contributed by atoms with E-state index in [-0.39, 0.29) is 0 Å². The lowest BCUT2D eigenvalue weighted by Crippen LogP contribution is -2.31. The minimum atomic E-state index is -0.461. The van der Waals surface area contributed by atoms with Gasteiger partial charge >= 0.3 is 0 Å². The van der Waals surface area contributed by atoms with Crippen LogP contribution in [-0.4, -0.2) is 14.5 Å². The van der Waals surface area contributed by atoms with Crippen molar-refractivity contribution in [1.82, 2.24) is 14.5 Å². The molecule has 0 amide bonds. The third kappa shape index (κ3) is 3.59. The molecule has 1 aliphatic heterocycles. The normalized spacial score (nSPS) is 13.8. The Kier molecular flexibility index (Phi) is 5.53. The quantitative estimate of drug-likeness (QED) is 0.188. The predicted molar refractivity (Wildman–Crippen MR) is 201 cm³/mol. The van der Waals surface area contributed by atoms with Crippen LogP contribution in [0.4, 0.5) is 0 Å². The van der Waals surface area contributed by atoms with Crippen molar-refractivity contribution in [2.75, 3.05) is 0 Å². The molecule has 0 unspecified atom stereocenters. The number of benzene rings is 7. The standard InChI is InChI=1S/C45H27N3S/c1-2-14-28(15-3-1)43-44(47-38-22-10-9-21-37(38)46-43)48-39-23-11-5-17-30(39)32-26-31-29-16-4-6-18-33(29)45(36(31)27-40(32)48)34-19-7-12-24-41(34)49-42-25-13-8-20-35(42)45/h1-27H. The third-order valence-electron chi connectivity index (χ3n) is 10.5. The zero-order chi connectivity index (χ0) is 32.1. The van der Waals surface area contributed by atoms with Crippen molar-refractivity contribution in [3.8, 4) is 28.2 Å². The molecule has 2 aliphatic rings. The molecule has 9 aromatic rings. The van der Waals surface area contributed by atoms with Crippen LogP contribution in [0.5, 0.6) is 0 Å². The Morgan fingerprint density at radius 2 is 1.06 bits per heavy atom. The number of hydrogen-bond acceptors (Lipinski definition) is 3. The highest BCUT2D eigenvalue weighted by Crippen LogP contribution is 2.62. The summed E-state index contributed by atoms with van der Waals surface area (Å²) in [5.41, 5.74) is 13.3. The predicted octanol–water partition coefficient (Wildman–Crippen LogP) is 11.2. The Bertz CT molecular complexity index is 2770. The van der Waals surface area contributed by atoms with Gasteiger partial charge in [0, 0.05) is 26.1 Å². The van der Waals surface area contributed by atoms with Crippen molar-refractivity contribution in [2.45, 2.75) is 15.2 Å². The molecule has 3 nitrogen and oxygen atoms in total. The van der Waals surface area contributed by atoms with Gasteiger partial charge in [-0.25, -0.2) is 9.97 Å². The van der Waals surface area contributed by atoms with Gasteiger partial charge in [0.1, 0.15) is 5.69 Å². The van der Waals surface area contributed by atoms with Crippen molar-refractivity contribution in [3.63, 3.8) is 0 Å². The van der Waals surface area contributed by atoms with E-state index < -0.39 is 5.41 Å². The second-order valence-corrected chi connectivity index (χ2v) is 14.0. The first kappa shape index (κ1) is 27.0. The second-order valence-electron chi connectivity index (χ2n) is 12.9. The number of fused-ring (bicyclic) bond motifs is 13. The third-order valence-corrected chi connectivity index (χ3v) is 11.6. The summed E-state index contributed by atoms with van der Waals surface area (Å²) < 4.78 is 2.36. The van der Waals surface area contributed by atoms with Crippen molar-refractivity contribution in [3.05, 3.63) is 186 Å². The first-order chi connectivity index (χ1) is 24.3. The van der Waals surface area contributed by atoms with Crippen molar-refractivity contribution in [2.24, 2.45) is 0 Å². The summed E-state index contributed by atoms with van der Waals surface area (Å²) in [5.74, 6) is 0.834. The van der Waals surface area contributed by atoms with E-state index in [0.717, 1.165) is 39.1 Å². The van der Waals surface area contributed by atoms with Crippen molar-refractivity contribution < 1.29 is 0 Å². The topological polar surface area (TPSA) is 30.7 Å². The van der Waals surface area contributed by atoms with Crippen LogP contribution in [0.1, 0.15) is 22.3 Å². The van der Waals surface area contributed by atoms with Crippen LogP contribution in [0.3, 0.4) is 0 Å². The minimum Gasteiger partial charge on any atom is -0.292 e. The maximum Gasteiger partial charge on any atom is 0.165 e. The monoisotopic (exact) mass is 641 g/mol. The van der Waals surface area contributed by atoms with Gasteiger partial charge in [0.15, 0.2) is 5.82 Å². The lowest BCUT2D eigenvalue weighted by atomic mass is 9.67. The largest absolute Gasteiger partial charge is 0.292 e. The molecule has 1 aliphatic carbocycles. The number of rotatable bonds is 2. The number of para-hydroxylation sites is 3. The molecule has 0 saturated heterocycles. The highest BCUT2D eigenvalue weighted by Gasteiger charge is 2.50. The lowest BCUT2D eigenvalue weighted by molar-refractivity contribution is 0.723. The van der Waals surface area contributed by atoms with Crippen LogP contribution >= 0.6 is 11.8 Å². The molecule has 0 atom stereocenters. The van der Waals surface area contributed by atoms with E-state index in [1.54, 1.807) is 0 Å². The molecule has 0 radical (unpaired) electrons. The highest BCUT2D eigenvalue weighted by molar-refractivity contribution is 7.99. The molecule has 0 fully saturated rings. The van der Waals surface area contributed by atoms with E-state index in [1.807, 2.05) is 30.0 Å². The van der Waals surface area contributed by atoms with Crippen LogP contribution in [0.25, 0.3) is 61.0 Å². The van der Waals surface area contributed by atoms with Gasteiger partial charge in [-0.05, 0) is 75.8 Å². The average Bonchev–Trinajstić information content (AvgIpc) is 3.64. The fourth-order valence-electron chi connectivity index (χ4n) is 8.48. The van der Waals surface area contributed by atoms with Gasteiger partial charge in [-0.2, -0.15) is 0 Å². The van der Waals surface area contributed by atoms with Crippen molar-refractivity contribution >= 4 is 44.6 Å². The van der Waals surface area contributed by atoms with Gasteiger partial charge in [-0.1, -0.05) is 133 Å². The molecule has 7 aromatic carbocycles. The van der Waals surface area contributed by atoms with Gasteiger partial charge in [-0.15, -0.1) is 0 Å². The molecular weight excluding hydrogens is 615 g/mol. The van der Waals surface area contributed by atoms with E-state index in [1.165, 1.54) is 53.9 Å². The van der Waals surface area contributed by atoms with Gasteiger partial charge in [0.05, 0.1) is 27.5 Å². The summed E-state index contributed by atoms with van der Waals surface area (Å²) in [6.07, 6.45) is 0. The molecule has 0 bridgehead atoms. The molecule has 0 saturated carbocycles. The van der Waals surface area contributed by atoms with E-state index in [0.29, 0.717) is 0 Å². The molecule has 4 heteroatoms. The molecule has 11 rings (SSSR count). The maximum absolute atomic E-state index is 5.40. The van der Waals surface area contributed by atoms with Crippen LogP contribution in [0, 0.1) is 0 Å². The maximum atomic E-state index is 5.40. The zero-order valence-corrected chi connectivity index (χ0v) is 27.2. The number of hydrogen-bond donors (Lipinski definition) is 0. The van der Waals surface area contributed by atoms with Crippen LogP contribution < -0.4 is 0 Å². The van der Waals surface area contributed by atoms with Gasteiger partial charge in [0.25, 0.3) is 0 Å². The molecule has 228 valence electrons. The first-order valence-corrected chi connectivity index (χ1v) is 17.5. The van der Waals surface area contributed by atoms with Gasteiger partial charge in [0.2, 0.25) is 0 Å². The Balaban J connectivity index is 1.32. The van der Waals surface area contributed by atoms with E-state index >= 15 is 0 Å². The number of aromatic nitrogens is 3. The molecule has 0 N–H and O–H groups in total. The number of nitrogens with zero attached hydrogens (tertiary/aromatic N) is 3. The first-order valence-electron chi connectivity index (χ1n) is 16.7. The summed E-state index contributed by atoms with van der Waals surface area (Å²) in [6.45, 7) is 0. The summed E-state index contributed by atoms with van der Waals surface area (Å²) >= 11 is 1.88. The zero-order valence-electron chi connectivity index (χ0n) is 26.3. The van der Waals surface area contributed by atoms with Crippen molar-refractivity contribution in [1.29, 1.82) is 0 Å². The molecular formula is C45H27N3S. The van der Waals surface area contributed by atoms with Crippen LogP contribution in [-0.2, 0) is 5.41 Å². The Morgan fingerprint density at radius 1 is 0.449 bits per heavy atom. The second kappa shape index (κ2) is 10.0. The fraction of sp³-hybridized carbons (Fsp3) is 0.0222. The summed E-state index contributed by atoms with van der Waals surface area (Å²) in [4.78, 5) is 13.3. The smallest absolute Gasteiger partial charge is 0.165 e. The molecule has 1 spiro atoms. The van der Waals surface area contributed by atoms with Gasteiger partial charge in [-0.3, -0.25) is 4.57 Å². The Hall–Kier alpha value is -5.97. The van der Waals surface area contributed by atoms with Crippen LogP contribution in [0.15, 0.2) is 174 Å². The average molecular weight is 642 g/mol. The van der Waals surface area contributed by atoms with Crippen LogP contribution in [0.2, 0.25) is 0 Å². The minimum absolute atomic E-state index is 0.461. The molecule has 49 heavy (non-hydrogen) atoms.